The molecule has 0 radical (unpaired) electrons. The first-order valence-electron chi connectivity index (χ1n) is 3.36. The van der Waals surface area contributed by atoms with Crippen molar-refractivity contribution in [3.05, 3.63) is 0 Å². The Morgan fingerprint density at radius 3 is 2.89 bits per heavy atom. The second-order valence-electron chi connectivity index (χ2n) is 1.91. The third kappa shape index (κ3) is 7.43. The minimum Gasteiger partial charge on any atom is -0.315 e. The van der Waals surface area contributed by atoms with E-state index >= 15 is 0 Å². The summed E-state index contributed by atoms with van der Waals surface area (Å²) in [7, 11) is 0. The Balaban J connectivity index is 2.82. The zero-order valence-corrected chi connectivity index (χ0v) is 5.93. The molecule has 0 unspecified atom stereocenters. The van der Waals surface area contributed by atoms with Crippen LogP contribution in [0.15, 0.2) is 4.99 Å². The second kappa shape index (κ2) is 7.43. The Kier molecular flexibility index (Phi) is 6.96. The molecular formula is C6H15N3. The van der Waals surface area contributed by atoms with Gasteiger partial charge in [0.05, 0.1) is 6.34 Å². The van der Waals surface area contributed by atoms with E-state index in [0.29, 0.717) is 0 Å². The van der Waals surface area contributed by atoms with E-state index in [-0.39, 0.29) is 0 Å². The molecule has 0 aromatic rings. The molecule has 0 aliphatic heterocycles. The first-order chi connectivity index (χ1) is 4.41. The van der Waals surface area contributed by atoms with Crippen molar-refractivity contribution < 1.29 is 0 Å². The average Bonchev–Trinajstić information content (AvgIpc) is 1.89. The van der Waals surface area contributed by atoms with Crippen molar-refractivity contribution in [2.24, 2.45) is 10.8 Å². The summed E-state index contributed by atoms with van der Waals surface area (Å²) >= 11 is 0. The quantitative estimate of drug-likeness (QED) is 0.188. The highest BCUT2D eigenvalue weighted by Gasteiger charge is 1.79. The van der Waals surface area contributed by atoms with Crippen molar-refractivity contribution >= 4 is 6.34 Å². The maximum Gasteiger partial charge on any atom is 0.0964 e. The van der Waals surface area contributed by atoms with Gasteiger partial charge in [0.25, 0.3) is 0 Å². The summed E-state index contributed by atoms with van der Waals surface area (Å²) in [5.74, 6) is 4.94. The number of aliphatic imine (C=N–C) groups is 1. The predicted molar refractivity (Wildman–Crippen MR) is 40.2 cm³/mol. The first kappa shape index (κ1) is 8.43. The van der Waals surface area contributed by atoms with Gasteiger partial charge in [-0.25, -0.2) is 5.84 Å². The van der Waals surface area contributed by atoms with Crippen LogP contribution in [0.5, 0.6) is 0 Å². The van der Waals surface area contributed by atoms with E-state index in [1.165, 1.54) is 19.2 Å². The molecule has 3 N–H and O–H groups in total. The van der Waals surface area contributed by atoms with Crippen LogP contribution in [0.2, 0.25) is 0 Å². The summed E-state index contributed by atoms with van der Waals surface area (Å²) in [6, 6.07) is 0. The molecule has 9 heavy (non-hydrogen) atoms. The zero-order valence-electron chi connectivity index (χ0n) is 5.93. The van der Waals surface area contributed by atoms with Crippen LogP contribution in [-0.2, 0) is 0 Å². The average molecular weight is 129 g/mol. The summed E-state index contributed by atoms with van der Waals surface area (Å²) in [6.07, 6.45) is 5.18. The lowest BCUT2D eigenvalue weighted by atomic mass is 10.2. The smallest absolute Gasteiger partial charge is 0.0964 e. The van der Waals surface area contributed by atoms with Crippen LogP contribution in [0, 0.1) is 0 Å². The Hall–Kier alpha value is -0.570. The molecule has 0 aliphatic carbocycles. The standard InChI is InChI=1S/C6H15N3/c1-2-3-4-5-8-6-9-7/h6H,2-5,7H2,1H3,(H,8,9). The van der Waals surface area contributed by atoms with Gasteiger partial charge in [-0.05, 0) is 6.42 Å². The predicted octanol–water partition coefficient (Wildman–Crippen LogP) is 0.668. The maximum atomic E-state index is 4.94. The van der Waals surface area contributed by atoms with Crippen LogP contribution >= 0.6 is 0 Å². The first-order valence-corrected chi connectivity index (χ1v) is 3.36. The normalized spacial score (nSPS) is 10.4. The van der Waals surface area contributed by atoms with E-state index in [9.17, 15) is 0 Å². The number of unbranched alkanes of at least 4 members (excludes halogenated alkanes) is 2. The van der Waals surface area contributed by atoms with Crippen LogP contribution in [0.25, 0.3) is 0 Å². The lowest BCUT2D eigenvalue weighted by Crippen LogP contribution is -2.19. The summed E-state index contributed by atoms with van der Waals surface area (Å²) in [5.41, 5.74) is 2.35. The SMILES string of the molecule is CCCCCN=CNN. The van der Waals surface area contributed by atoms with Gasteiger partial charge in [0.2, 0.25) is 0 Å². The van der Waals surface area contributed by atoms with Gasteiger partial charge in [0.1, 0.15) is 0 Å². The number of rotatable bonds is 5. The van der Waals surface area contributed by atoms with E-state index < -0.39 is 0 Å². The number of hydrogen-bond acceptors (Lipinski definition) is 2. The molecule has 3 nitrogen and oxygen atoms in total. The molecule has 0 atom stereocenters. The monoisotopic (exact) mass is 129 g/mol. The van der Waals surface area contributed by atoms with Gasteiger partial charge >= 0.3 is 0 Å². The lowest BCUT2D eigenvalue weighted by molar-refractivity contribution is 0.727. The molecule has 0 rings (SSSR count). The van der Waals surface area contributed by atoms with Crippen molar-refractivity contribution in [2.75, 3.05) is 6.54 Å². The second-order valence-corrected chi connectivity index (χ2v) is 1.91. The van der Waals surface area contributed by atoms with Gasteiger partial charge in [-0.15, -0.1) is 0 Å². The molecule has 3 heteroatoms. The van der Waals surface area contributed by atoms with Crippen LogP contribution in [0.4, 0.5) is 0 Å². The van der Waals surface area contributed by atoms with E-state index in [1.54, 1.807) is 0 Å². The molecule has 0 heterocycles. The van der Waals surface area contributed by atoms with Crippen LogP contribution in [0.3, 0.4) is 0 Å². The molecule has 0 amide bonds. The third-order valence-corrected chi connectivity index (χ3v) is 1.06. The fraction of sp³-hybridized carbons (Fsp3) is 0.833. The summed E-state index contributed by atoms with van der Waals surface area (Å²) in [4.78, 5) is 3.97. The topological polar surface area (TPSA) is 50.4 Å². The Labute approximate surface area is 56.3 Å². The minimum absolute atomic E-state index is 0.887. The number of nitrogens with two attached hydrogens (primary N) is 1. The summed E-state index contributed by atoms with van der Waals surface area (Å²) < 4.78 is 0. The fourth-order valence-corrected chi connectivity index (χ4v) is 0.570. The number of nitrogens with zero attached hydrogens (tertiary/aromatic N) is 1. The minimum atomic E-state index is 0.887. The molecule has 0 saturated carbocycles. The molecule has 54 valence electrons. The van der Waals surface area contributed by atoms with Crippen molar-refractivity contribution in [3.8, 4) is 0 Å². The molecule has 0 spiro atoms. The third-order valence-electron chi connectivity index (χ3n) is 1.06. The Morgan fingerprint density at radius 1 is 1.56 bits per heavy atom. The van der Waals surface area contributed by atoms with Crippen LogP contribution in [0.1, 0.15) is 26.2 Å². The number of nitrogens with one attached hydrogen (secondary N) is 1. The molecule has 0 aliphatic rings. The van der Waals surface area contributed by atoms with Gasteiger partial charge in [-0.2, -0.15) is 0 Å². The molecule has 0 aromatic heterocycles. The zero-order chi connectivity index (χ0) is 6.95. The van der Waals surface area contributed by atoms with E-state index in [0.717, 1.165) is 13.0 Å². The highest BCUT2D eigenvalue weighted by atomic mass is 15.2. The van der Waals surface area contributed by atoms with Crippen molar-refractivity contribution in [3.63, 3.8) is 0 Å². The van der Waals surface area contributed by atoms with Gasteiger partial charge in [-0.3, -0.25) is 4.99 Å². The highest BCUT2D eigenvalue weighted by Crippen LogP contribution is 1.92. The summed E-state index contributed by atoms with van der Waals surface area (Å²) in [5, 5.41) is 0. The van der Waals surface area contributed by atoms with Gasteiger partial charge in [0, 0.05) is 6.54 Å². The van der Waals surface area contributed by atoms with Crippen molar-refractivity contribution in [1.29, 1.82) is 0 Å². The van der Waals surface area contributed by atoms with Crippen LogP contribution in [-0.4, -0.2) is 12.9 Å². The number of hydrazine groups is 1. The molecule has 0 bridgehead atoms. The molecular weight excluding hydrogens is 114 g/mol. The van der Waals surface area contributed by atoms with Gasteiger partial charge in [0.15, 0.2) is 0 Å². The van der Waals surface area contributed by atoms with E-state index in [2.05, 4.69) is 17.3 Å². The highest BCUT2D eigenvalue weighted by molar-refractivity contribution is 5.52. The van der Waals surface area contributed by atoms with E-state index in [1.807, 2.05) is 0 Å². The Bertz CT molecular complexity index is 70.7. The lowest BCUT2D eigenvalue weighted by Gasteiger charge is -1.90. The molecule has 0 aromatic carbocycles. The summed E-state index contributed by atoms with van der Waals surface area (Å²) in [6.45, 7) is 3.06. The van der Waals surface area contributed by atoms with Crippen LogP contribution < -0.4 is 11.3 Å². The largest absolute Gasteiger partial charge is 0.315 e. The number of hydrogen-bond donors (Lipinski definition) is 2. The van der Waals surface area contributed by atoms with Crippen molar-refractivity contribution in [2.45, 2.75) is 26.2 Å². The Morgan fingerprint density at radius 2 is 2.33 bits per heavy atom. The molecule has 0 saturated heterocycles. The van der Waals surface area contributed by atoms with Gasteiger partial charge in [-0.1, -0.05) is 19.8 Å². The molecule has 0 fully saturated rings. The fourth-order valence-electron chi connectivity index (χ4n) is 0.570. The van der Waals surface area contributed by atoms with Gasteiger partial charge < -0.3 is 5.43 Å². The van der Waals surface area contributed by atoms with Crippen molar-refractivity contribution in [1.82, 2.24) is 5.43 Å². The van der Waals surface area contributed by atoms with E-state index in [4.69, 9.17) is 5.84 Å². The maximum absolute atomic E-state index is 4.94.